The zero-order chi connectivity index (χ0) is 13.8. The molecular weight excluding hydrogens is 308 g/mol. The molecule has 0 aliphatic carbocycles. The topological polar surface area (TPSA) is 55.2 Å². The Morgan fingerprint density at radius 1 is 1.26 bits per heavy atom. The molecule has 0 saturated heterocycles. The summed E-state index contributed by atoms with van der Waals surface area (Å²) in [4.78, 5) is 10.5. The van der Waals surface area contributed by atoms with Gasteiger partial charge in [-0.1, -0.05) is 40.2 Å². The van der Waals surface area contributed by atoms with Crippen LogP contribution < -0.4 is 5.32 Å². The fourth-order valence-corrected chi connectivity index (χ4v) is 2.12. The number of hydrogen-bond donors (Lipinski definition) is 1. The van der Waals surface area contributed by atoms with Gasteiger partial charge < -0.3 is 5.32 Å². The molecule has 0 fully saturated rings. The summed E-state index contributed by atoms with van der Waals surface area (Å²) in [5, 5.41) is 14.1. The summed E-state index contributed by atoms with van der Waals surface area (Å²) in [6.07, 6.45) is 0. The van der Waals surface area contributed by atoms with Gasteiger partial charge in [-0.15, -0.1) is 0 Å². The van der Waals surface area contributed by atoms with E-state index in [1.807, 2.05) is 25.1 Å². The second kappa shape index (κ2) is 5.84. The molecule has 0 aliphatic rings. The first-order valence-electron chi connectivity index (χ1n) is 5.80. The number of nitrogens with one attached hydrogen (secondary N) is 1. The minimum Gasteiger partial charge on any atom is -0.381 e. The van der Waals surface area contributed by atoms with Crippen LogP contribution >= 0.6 is 15.9 Å². The van der Waals surface area contributed by atoms with Crippen LogP contribution in [0.5, 0.6) is 0 Å². The molecule has 19 heavy (non-hydrogen) atoms. The number of halogens is 1. The Hall–Kier alpha value is -1.88. The Bertz CT molecular complexity index is 614. The van der Waals surface area contributed by atoms with E-state index in [2.05, 4.69) is 21.2 Å². The zero-order valence-electron chi connectivity index (χ0n) is 10.4. The molecule has 4 nitrogen and oxygen atoms in total. The average molecular weight is 321 g/mol. The summed E-state index contributed by atoms with van der Waals surface area (Å²) < 4.78 is 1.01. The lowest BCUT2D eigenvalue weighted by Gasteiger charge is -2.08. The molecule has 1 N–H and O–H groups in total. The van der Waals surface area contributed by atoms with Crippen LogP contribution in [-0.2, 0) is 6.54 Å². The first kappa shape index (κ1) is 13.5. The monoisotopic (exact) mass is 320 g/mol. The van der Waals surface area contributed by atoms with Crippen molar-refractivity contribution >= 4 is 27.3 Å². The van der Waals surface area contributed by atoms with Crippen molar-refractivity contribution in [2.75, 3.05) is 5.32 Å². The lowest BCUT2D eigenvalue weighted by Crippen LogP contribution is -2.03. The van der Waals surface area contributed by atoms with Crippen LogP contribution in [0.2, 0.25) is 0 Å². The number of nitro benzene ring substituents is 1. The molecule has 0 heterocycles. The molecule has 0 aliphatic heterocycles. The quantitative estimate of drug-likeness (QED) is 0.675. The van der Waals surface area contributed by atoms with E-state index in [4.69, 9.17) is 0 Å². The van der Waals surface area contributed by atoms with E-state index < -0.39 is 0 Å². The van der Waals surface area contributed by atoms with Crippen molar-refractivity contribution in [2.24, 2.45) is 0 Å². The van der Waals surface area contributed by atoms with Crippen molar-refractivity contribution in [1.82, 2.24) is 0 Å². The standard InChI is InChI=1S/C14H13BrN2O2/c1-10-6-7-12(8-13(10)15)16-9-11-4-2-3-5-14(11)17(18)19/h2-8,16H,9H2,1H3. The number of benzene rings is 2. The molecule has 0 saturated carbocycles. The smallest absolute Gasteiger partial charge is 0.274 e. The molecule has 5 heteroatoms. The summed E-state index contributed by atoms with van der Waals surface area (Å²) in [6.45, 7) is 2.43. The van der Waals surface area contributed by atoms with Gasteiger partial charge in [0.15, 0.2) is 0 Å². The van der Waals surface area contributed by atoms with Gasteiger partial charge in [0, 0.05) is 28.3 Å². The lowest BCUT2D eigenvalue weighted by molar-refractivity contribution is -0.385. The maximum Gasteiger partial charge on any atom is 0.274 e. The van der Waals surface area contributed by atoms with E-state index >= 15 is 0 Å². The highest BCUT2D eigenvalue weighted by Gasteiger charge is 2.11. The van der Waals surface area contributed by atoms with Gasteiger partial charge in [0.25, 0.3) is 5.69 Å². The molecule has 0 aromatic heterocycles. The van der Waals surface area contributed by atoms with Gasteiger partial charge in [-0.05, 0) is 24.6 Å². The molecule has 2 rings (SSSR count). The predicted octanol–water partition coefficient (Wildman–Crippen LogP) is 4.28. The fraction of sp³-hybridized carbons (Fsp3) is 0.143. The normalized spacial score (nSPS) is 10.2. The van der Waals surface area contributed by atoms with Crippen LogP contribution in [0.25, 0.3) is 0 Å². The number of nitro groups is 1. The summed E-state index contributed by atoms with van der Waals surface area (Å²) in [7, 11) is 0. The second-order valence-electron chi connectivity index (χ2n) is 4.20. The minimum atomic E-state index is -0.359. The van der Waals surface area contributed by atoms with E-state index in [1.54, 1.807) is 18.2 Å². The Labute approximate surface area is 119 Å². The maximum absolute atomic E-state index is 10.9. The van der Waals surface area contributed by atoms with Crippen molar-refractivity contribution in [3.8, 4) is 0 Å². The van der Waals surface area contributed by atoms with E-state index in [-0.39, 0.29) is 10.6 Å². The minimum absolute atomic E-state index is 0.140. The largest absolute Gasteiger partial charge is 0.381 e. The number of aryl methyl sites for hydroxylation is 1. The summed E-state index contributed by atoms with van der Waals surface area (Å²) in [5.41, 5.74) is 2.89. The highest BCUT2D eigenvalue weighted by Crippen LogP contribution is 2.23. The Balaban J connectivity index is 2.14. The van der Waals surface area contributed by atoms with E-state index in [0.717, 1.165) is 15.7 Å². The van der Waals surface area contributed by atoms with E-state index in [0.29, 0.717) is 12.1 Å². The van der Waals surface area contributed by atoms with Gasteiger partial charge in [-0.2, -0.15) is 0 Å². The molecule has 0 bridgehead atoms. The number of nitrogens with zero attached hydrogens (tertiary/aromatic N) is 1. The Kier molecular flexibility index (Phi) is 4.16. The van der Waals surface area contributed by atoms with Crippen LogP contribution in [-0.4, -0.2) is 4.92 Å². The highest BCUT2D eigenvalue weighted by atomic mass is 79.9. The molecular formula is C14H13BrN2O2. The predicted molar refractivity (Wildman–Crippen MR) is 79.3 cm³/mol. The maximum atomic E-state index is 10.9. The van der Waals surface area contributed by atoms with Crippen LogP contribution in [0.3, 0.4) is 0 Å². The van der Waals surface area contributed by atoms with Crippen molar-refractivity contribution in [2.45, 2.75) is 13.5 Å². The molecule has 2 aromatic rings. The number of hydrogen-bond acceptors (Lipinski definition) is 3. The van der Waals surface area contributed by atoms with Crippen LogP contribution in [0, 0.1) is 17.0 Å². The van der Waals surface area contributed by atoms with Crippen molar-refractivity contribution in [1.29, 1.82) is 0 Å². The summed E-state index contributed by atoms with van der Waals surface area (Å²) in [5.74, 6) is 0. The zero-order valence-corrected chi connectivity index (χ0v) is 12.0. The number of para-hydroxylation sites is 1. The molecule has 98 valence electrons. The van der Waals surface area contributed by atoms with Crippen LogP contribution in [0.4, 0.5) is 11.4 Å². The van der Waals surface area contributed by atoms with Gasteiger partial charge in [-0.25, -0.2) is 0 Å². The van der Waals surface area contributed by atoms with Gasteiger partial charge >= 0.3 is 0 Å². The van der Waals surface area contributed by atoms with Gasteiger partial charge in [-0.3, -0.25) is 10.1 Å². The van der Waals surface area contributed by atoms with Crippen molar-refractivity contribution < 1.29 is 4.92 Å². The summed E-state index contributed by atoms with van der Waals surface area (Å²) in [6, 6.07) is 12.7. The third-order valence-electron chi connectivity index (χ3n) is 2.84. The molecule has 0 radical (unpaired) electrons. The fourth-order valence-electron chi connectivity index (χ4n) is 1.74. The second-order valence-corrected chi connectivity index (χ2v) is 5.06. The third-order valence-corrected chi connectivity index (χ3v) is 3.70. The van der Waals surface area contributed by atoms with Crippen LogP contribution in [0.1, 0.15) is 11.1 Å². The Morgan fingerprint density at radius 2 is 2.00 bits per heavy atom. The highest BCUT2D eigenvalue weighted by molar-refractivity contribution is 9.10. The molecule has 2 aromatic carbocycles. The SMILES string of the molecule is Cc1ccc(NCc2ccccc2[N+](=O)[O-])cc1Br. The Morgan fingerprint density at radius 3 is 2.68 bits per heavy atom. The van der Waals surface area contributed by atoms with Gasteiger partial charge in [0.2, 0.25) is 0 Å². The van der Waals surface area contributed by atoms with Crippen molar-refractivity contribution in [3.63, 3.8) is 0 Å². The molecule has 0 amide bonds. The average Bonchev–Trinajstić information content (AvgIpc) is 2.40. The molecule has 0 unspecified atom stereocenters. The lowest BCUT2D eigenvalue weighted by atomic mass is 10.1. The molecule has 0 atom stereocenters. The van der Waals surface area contributed by atoms with E-state index in [1.165, 1.54) is 6.07 Å². The summed E-state index contributed by atoms with van der Waals surface area (Å²) >= 11 is 3.46. The van der Waals surface area contributed by atoms with Gasteiger partial charge in [0.1, 0.15) is 0 Å². The first-order valence-corrected chi connectivity index (χ1v) is 6.59. The van der Waals surface area contributed by atoms with Crippen LogP contribution in [0.15, 0.2) is 46.9 Å². The number of anilines is 1. The third kappa shape index (κ3) is 3.32. The molecule has 0 spiro atoms. The van der Waals surface area contributed by atoms with Gasteiger partial charge in [0.05, 0.1) is 4.92 Å². The first-order chi connectivity index (χ1) is 9.08. The van der Waals surface area contributed by atoms with E-state index in [9.17, 15) is 10.1 Å². The van der Waals surface area contributed by atoms with Crippen molar-refractivity contribution in [3.05, 3.63) is 68.2 Å². The number of rotatable bonds is 4.